The smallest absolute Gasteiger partial charge is 0.410 e. The maximum absolute atomic E-state index is 12.4. The molecule has 0 aromatic heterocycles. The van der Waals surface area contributed by atoms with Gasteiger partial charge in [-0.25, -0.2) is 4.79 Å². The van der Waals surface area contributed by atoms with Crippen molar-refractivity contribution in [1.29, 1.82) is 0 Å². The number of amides is 1. The lowest BCUT2D eigenvalue weighted by Crippen LogP contribution is -2.44. The Balaban J connectivity index is 1.69. The van der Waals surface area contributed by atoms with Crippen molar-refractivity contribution in [2.45, 2.75) is 55.0 Å². The van der Waals surface area contributed by atoms with Gasteiger partial charge in [-0.05, 0) is 63.9 Å². The number of carbonyl (C=O) groups excluding carboxylic acids is 1. The maximum atomic E-state index is 12.4. The molecular weight excluding hydrogens is 441 g/mol. The van der Waals surface area contributed by atoms with Gasteiger partial charge in [0, 0.05) is 27.9 Å². The van der Waals surface area contributed by atoms with E-state index in [1.807, 2.05) is 57.2 Å². The van der Waals surface area contributed by atoms with Gasteiger partial charge in [-0.2, -0.15) is 10.2 Å². The molecule has 1 unspecified atom stereocenters. The SMILES string of the molecule is CC(C)(C)OC(=O)N1CCCC(/N=N/c2ccccc2Sc2ccc(Cl)cc2Cl)C1. The van der Waals surface area contributed by atoms with Gasteiger partial charge in [-0.3, -0.25) is 0 Å². The molecule has 160 valence electrons. The number of likely N-dealkylation sites (tertiary alicyclic amines) is 1. The molecule has 2 aromatic rings. The number of nitrogens with zero attached hydrogens (tertiary/aromatic N) is 3. The van der Waals surface area contributed by atoms with E-state index in [0.717, 1.165) is 28.3 Å². The van der Waals surface area contributed by atoms with Crippen LogP contribution in [0.1, 0.15) is 33.6 Å². The zero-order chi connectivity index (χ0) is 21.7. The van der Waals surface area contributed by atoms with Crippen LogP contribution in [0.2, 0.25) is 10.0 Å². The molecule has 8 heteroatoms. The lowest BCUT2D eigenvalue weighted by molar-refractivity contribution is 0.0199. The highest BCUT2D eigenvalue weighted by molar-refractivity contribution is 7.99. The first kappa shape index (κ1) is 22.9. The molecule has 1 fully saturated rings. The van der Waals surface area contributed by atoms with Gasteiger partial charge in [0.05, 0.1) is 16.8 Å². The van der Waals surface area contributed by atoms with Crippen LogP contribution in [-0.4, -0.2) is 35.7 Å². The molecule has 5 nitrogen and oxygen atoms in total. The van der Waals surface area contributed by atoms with E-state index >= 15 is 0 Å². The third-order valence-corrected chi connectivity index (χ3v) is 6.16. The molecule has 0 radical (unpaired) electrons. The Kier molecular flexibility index (Phi) is 7.66. The van der Waals surface area contributed by atoms with E-state index in [4.69, 9.17) is 27.9 Å². The van der Waals surface area contributed by atoms with Gasteiger partial charge >= 0.3 is 6.09 Å². The van der Waals surface area contributed by atoms with E-state index < -0.39 is 5.60 Å². The van der Waals surface area contributed by atoms with Crippen LogP contribution in [0.4, 0.5) is 10.5 Å². The Morgan fingerprint density at radius 2 is 1.93 bits per heavy atom. The molecule has 1 saturated heterocycles. The third-order valence-electron chi connectivity index (χ3n) is 4.36. The zero-order valence-corrected chi connectivity index (χ0v) is 19.6. The van der Waals surface area contributed by atoms with Crippen LogP contribution >= 0.6 is 35.0 Å². The normalized spacial score (nSPS) is 17.4. The average molecular weight is 466 g/mol. The summed E-state index contributed by atoms with van der Waals surface area (Å²) in [6.45, 7) is 6.80. The van der Waals surface area contributed by atoms with Crippen molar-refractivity contribution in [1.82, 2.24) is 4.90 Å². The van der Waals surface area contributed by atoms with E-state index in [1.54, 1.807) is 11.0 Å². The van der Waals surface area contributed by atoms with Gasteiger partial charge < -0.3 is 9.64 Å². The number of ether oxygens (including phenoxy) is 1. The van der Waals surface area contributed by atoms with Crippen molar-refractivity contribution in [2.24, 2.45) is 10.2 Å². The largest absolute Gasteiger partial charge is 0.444 e. The molecule has 1 atom stereocenters. The molecule has 0 saturated carbocycles. The second-order valence-electron chi connectivity index (χ2n) is 8.08. The quantitative estimate of drug-likeness (QED) is 0.436. The van der Waals surface area contributed by atoms with Crippen molar-refractivity contribution in [3.63, 3.8) is 0 Å². The third kappa shape index (κ3) is 6.62. The molecule has 1 amide bonds. The van der Waals surface area contributed by atoms with Gasteiger partial charge in [0.25, 0.3) is 0 Å². The first-order valence-corrected chi connectivity index (χ1v) is 11.4. The van der Waals surface area contributed by atoms with Crippen LogP contribution < -0.4 is 0 Å². The van der Waals surface area contributed by atoms with Crippen molar-refractivity contribution in [2.75, 3.05) is 13.1 Å². The average Bonchev–Trinajstić information content (AvgIpc) is 2.68. The van der Waals surface area contributed by atoms with E-state index in [0.29, 0.717) is 23.1 Å². The standard InChI is InChI=1S/C22H25Cl2N3O2S/c1-22(2,3)29-21(28)27-12-6-7-16(14-27)25-26-18-8-4-5-9-20(18)30-19-11-10-15(23)13-17(19)24/h4-5,8-11,13,16H,6-7,12,14H2,1-3H3/b26-25+. The number of azo groups is 1. The molecule has 30 heavy (non-hydrogen) atoms. The van der Waals surface area contributed by atoms with Crippen molar-refractivity contribution in [3.8, 4) is 0 Å². The Morgan fingerprint density at radius 3 is 2.67 bits per heavy atom. The minimum absolute atomic E-state index is 0.0524. The Morgan fingerprint density at radius 1 is 1.17 bits per heavy atom. The van der Waals surface area contributed by atoms with Crippen molar-refractivity contribution < 1.29 is 9.53 Å². The number of rotatable bonds is 4. The molecule has 0 aliphatic carbocycles. The highest BCUT2D eigenvalue weighted by Gasteiger charge is 2.27. The lowest BCUT2D eigenvalue weighted by atomic mass is 10.1. The minimum atomic E-state index is -0.509. The summed E-state index contributed by atoms with van der Waals surface area (Å²) < 4.78 is 5.48. The number of hydrogen-bond donors (Lipinski definition) is 0. The fourth-order valence-electron chi connectivity index (χ4n) is 2.99. The van der Waals surface area contributed by atoms with Crippen LogP contribution in [0.25, 0.3) is 0 Å². The second kappa shape index (κ2) is 10.0. The number of hydrogen-bond acceptors (Lipinski definition) is 5. The topological polar surface area (TPSA) is 54.3 Å². The van der Waals surface area contributed by atoms with E-state index in [9.17, 15) is 4.79 Å². The number of carbonyl (C=O) groups is 1. The molecule has 0 bridgehead atoms. The summed E-state index contributed by atoms with van der Waals surface area (Å²) in [5.74, 6) is 0. The summed E-state index contributed by atoms with van der Waals surface area (Å²) in [5.41, 5.74) is 0.257. The first-order chi connectivity index (χ1) is 14.2. The van der Waals surface area contributed by atoms with Crippen molar-refractivity contribution in [3.05, 3.63) is 52.5 Å². The Hall–Kier alpha value is -1.76. The van der Waals surface area contributed by atoms with Gasteiger partial charge in [-0.15, -0.1) is 0 Å². The lowest BCUT2D eigenvalue weighted by Gasteiger charge is -2.32. The summed E-state index contributed by atoms with van der Waals surface area (Å²) >= 11 is 13.8. The number of halogens is 2. The molecule has 2 aromatic carbocycles. The van der Waals surface area contributed by atoms with Gasteiger partial charge in [-0.1, -0.05) is 47.1 Å². The second-order valence-corrected chi connectivity index (χ2v) is 10.0. The van der Waals surface area contributed by atoms with Crippen LogP contribution in [0.5, 0.6) is 0 Å². The zero-order valence-electron chi connectivity index (χ0n) is 17.3. The fraction of sp³-hybridized carbons (Fsp3) is 0.409. The predicted molar refractivity (Wildman–Crippen MR) is 122 cm³/mol. The summed E-state index contributed by atoms with van der Waals surface area (Å²) in [5, 5.41) is 10.2. The summed E-state index contributed by atoms with van der Waals surface area (Å²) in [6, 6.07) is 13.2. The Bertz CT molecular complexity index is 931. The van der Waals surface area contributed by atoms with Gasteiger partial charge in [0.15, 0.2) is 0 Å². The fourth-order valence-corrected chi connectivity index (χ4v) is 4.40. The molecule has 1 aliphatic rings. The number of piperidine rings is 1. The molecule has 0 spiro atoms. The Labute approximate surface area is 191 Å². The minimum Gasteiger partial charge on any atom is -0.444 e. The summed E-state index contributed by atoms with van der Waals surface area (Å²) in [7, 11) is 0. The predicted octanol–water partition coefficient (Wildman–Crippen LogP) is 7.63. The summed E-state index contributed by atoms with van der Waals surface area (Å²) in [6.07, 6.45) is 1.47. The van der Waals surface area contributed by atoms with E-state index in [-0.39, 0.29) is 12.1 Å². The van der Waals surface area contributed by atoms with Crippen LogP contribution in [0.3, 0.4) is 0 Å². The van der Waals surface area contributed by atoms with Crippen LogP contribution in [0, 0.1) is 0 Å². The van der Waals surface area contributed by atoms with Crippen LogP contribution in [-0.2, 0) is 4.74 Å². The first-order valence-electron chi connectivity index (χ1n) is 9.82. The molecule has 1 heterocycles. The van der Waals surface area contributed by atoms with Gasteiger partial charge in [0.1, 0.15) is 5.60 Å². The van der Waals surface area contributed by atoms with Crippen LogP contribution in [0.15, 0.2) is 62.5 Å². The summed E-state index contributed by atoms with van der Waals surface area (Å²) in [4.78, 5) is 15.9. The molecule has 1 aliphatic heterocycles. The maximum Gasteiger partial charge on any atom is 0.410 e. The molecule has 0 N–H and O–H groups in total. The molecule has 3 rings (SSSR count). The van der Waals surface area contributed by atoms with Gasteiger partial charge in [0.2, 0.25) is 0 Å². The number of benzene rings is 2. The highest BCUT2D eigenvalue weighted by atomic mass is 35.5. The van der Waals surface area contributed by atoms with E-state index in [2.05, 4.69) is 10.2 Å². The monoisotopic (exact) mass is 465 g/mol. The van der Waals surface area contributed by atoms with E-state index in [1.165, 1.54) is 11.8 Å². The van der Waals surface area contributed by atoms with Crippen molar-refractivity contribution >= 4 is 46.7 Å². The highest BCUT2D eigenvalue weighted by Crippen LogP contribution is 2.39. The molecular formula is C22H25Cl2N3O2S.